The third kappa shape index (κ3) is 4.45. The number of halogens is 2. The van der Waals surface area contributed by atoms with Crippen molar-refractivity contribution in [2.75, 3.05) is 18.4 Å². The highest BCUT2D eigenvalue weighted by atomic mass is 35.5. The lowest BCUT2D eigenvalue weighted by molar-refractivity contribution is -0.121. The first-order valence-corrected chi connectivity index (χ1v) is 8.49. The molecule has 1 aliphatic heterocycles. The number of nitrogens with one attached hydrogen (secondary N) is 1. The smallest absolute Gasteiger partial charge is 0.262 e. The SMILES string of the molecule is CCN(CC)C1=NC(=O)C(CC(=O)Nc2ccc(F)c(Cl)c2)S1. The standard InChI is InChI=1S/C15H17ClFN3O2S/c1-3-20(4-2)15-19-14(22)12(23-15)8-13(21)18-9-5-6-11(17)10(16)7-9/h5-7,12H,3-4,8H2,1-2H3,(H,18,21). The third-order valence-corrected chi connectivity index (χ3v) is 4.84. The molecule has 2 rings (SSSR count). The van der Waals surface area contributed by atoms with Gasteiger partial charge in [-0.25, -0.2) is 4.39 Å². The van der Waals surface area contributed by atoms with E-state index in [0.717, 1.165) is 13.1 Å². The van der Waals surface area contributed by atoms with Crippen LogP contribution >= 0.6 is 23.4 Å². The van der Waals surface area contributed by atoms with Crippen LogP contribution in [0.4, 0.5) is 10.1 Å². The predicted octanol–water partition coefficient (Wildman–Crippen LogP) is 3.15. The Kier molecular flexibility index (Phi) is 6.01. The van der Waals surface area contributed by atoms with E-state index < -0.39 is 11.1 Å². The summed E-state index contributed by atoms with van der Waals surface area (Å²) < 4.78 is 13.1. The van der Waals surface area contributed by atoms with Crippen molar-refractivity contribution in [1.29, 1.82) is 0 Å². The van der Waals surface area contributed by atoms with Crippen molar-refractivity contribution < 1.29 is 14.0 Å². The molecule has 1 aromatic rings. The maximum Gasteiger partial charge on any atom is 0.262 e. The molecule has 124 valence electrons. The monoisotopic (exact) mass is 357 g/mol. The number of anilines is 1. The number of rotatable bonds is 5. The van der Waals surface area contributed by atoms with Gasteiger partial charge in [-0.3, -0.25) is 9.59 Å². The molecule has 0 saturated heterocycles. The molecule has 0 fully saturated rings. The Bertz CT molecular complexity index is 650. The summed E-state index contributed by atoms with van der Waals surface area (Å²) in [6.45, 7) is 5.47. The topological polar surface area (TPSA) is 61.8 Å². The lowest BCUT2D eigenvalue weighted by atomic mass is 10.2. The predicted molar refractivity (Wildman–Crippen MR) is 91.4 cm³/mol. The van der Waals surface area contributed by atoms with E-state index in [0.29, 0.717) is 10.9 Å². The first-order valence-electron chi connectivity index (χ1n) is 7.23. The van der Waals surface area contributed by atoms with Crippen LogP contribution in [-0.2, 0) is 9.59 Å². The normalized spacial score (nSPS) is 17.1. The van der Waals surface area contributed by atoms with Gasteiger partial charge in [-0.1, -0.05) is 23.4 Å². The number of hydrogen-bond donors (Lipinski definition) is 1. The van der Waals surface area contributed by atoms with E-state index in [1.54, 1.807) is 0 Å². The zero-order chi connectivity index (χ0) is 17.0. The van der Waals surface area contributed by atoms with Gasteiger partial charge in [0.1, 0.15) is 11.1 Å². The van der Waals surface area contributed by atoms with Crippen LogP contribution in [0.5, 0.6) is 0 Å². The lowest BCUT2D eigenvalue weighted by Crippen LogP contribution is -2.27. The average Bonchev–Trinajstić information content (AvgIpc) is 2.85. The zero-order valence-electron chi connectivity index (χ0n) is 12.8. The largest absolute Gasteiger partial charge is 0.352 e. The second-order valence-electron chi connectivity index (χ2n) is 4.89. The molecule has 0 aliphatic carbocycles. The van der Waals surface area contributed by atoms with Crippen molar-refractivity contribution in [3.63, 3.8) is 0 Å². The van der Waals surface area contributed by atoms with Crippen LogP contribution in [0.1, 0.15) is 20.3 Å². The summed E-state index contributed by atoms with van der Waals surface area (Å²) in [4.78, 5) is 30.0. The summed E-state index contributed by atoms with van der Waals surface area (Å²) in [7, 11) is 0. The van der Waals surface area contributed by atoms with Gasteiger partial charge in [0.25, 0.3) is 5.91 Å². The van der Waals surface area contributed by atoms with Gasteiger partial charge in [0.15, 0.2) is 5.17 Å². The van der Waals surface area contributed by atoms with Crippen LogP contribution in [0.2, 0.25) is 5.02 Å². The van der Waals surface area contributed by atoms with Crippen LogP contribution in [0.25, 0.3) is 0 Å². The molecule has 1 unspecified atom stereocenters. The number of aliphatic imine (C=N–C) groups is 1. The van der Waals surface area contributed by atoms with Crippen LogP contribution in [0.15, 0.2) is 23.2 Å². The maximum absolute atomic E-state index is 13.1. The fourth-order valence-corrected chi connectivity index (χ4v) is 3.47. The molecular formula is C15H17ClFN3O2S. The molecule has 2 amide bonds. The van der Waals surface area contributed by atoms with Gasteiger partial charge in [-0.2, -0.15) is 4.99 Å². The summed E-state index contributed by atoms with van der Waals surface area (Å²) in [6.07, 6.45) is 0.00671. The van der Waals surface area contributed by atoms with Crippen molar-refractivity contribution in [2.24, 2.45) is 4.99 Å². The van der Waals surface area contributed by atoms with E-state index in [9.17, 15) is 14.0 Å². The number of hydrogen-bond acceptors (Lipinski definition) is 4. The molecule has 1 atom stereocenters. The third-order valence-electron chi connectivity index (χ3n) is 3.34. The zero-order valence-corrected chi connectivity index (χ0v) is 14.4. The number of carbonyl (C=O) groups excluding carboxylic acids is 2. The Labute approximate surface area is 143 Å². The summed E-state index contributed by atoms with van der Waals surface area (Å²) in [6, 6.07) is 3.92. The molecule has 0 aromatic heterocycles. The summed E-state index contributed by atoms with van der Waals surface area (Å²) in [5.74, 6) is -1.19. The number of amidine groups is 1. The van der Waals surface area contributed by atoms with Gasteiger partial charge in [-0.15, -0.1) is 0 Å². The highest BCUT2D eigenvalue weighted by molar-refractivity contribution is 8.15. The molecule has 0 bridgehead atoms. The van der Waals surface area contributed by atoms with E-state index in [-0.39, 0.29) is 23.3 Å². The molecule has 8 heteroatoms. The second-order valence-corrected chi connectivity index (χ2v) is 6.47. The van der Waals surface area contributed by atoms with Crippen molar-refractivity contribution in [2.45, 2.75) is 25.5 Å². The van der Waals surface area contributed by atoms with E-state index in [1.165, 1.54) is 30.0 Å². The summed E-state index contributed by atoms with van der Waals surface area (Å²) >= 11 is 6.97. The minimum Gasteiger partial charge on any atom is -0.352 e. The van der Waals surface area contributed by atoms with Crippen molar-refractivity contribution in [3.05, 3.63) is 29.0 Å². The fraction of sp³-hybridized carbons (Fsp3) is 0.400. The molecule has 1 N–H and O–H groups in total. The number of nitrogens with zero attached hydrogens (tertiary/aromatic N) is 2. The quantitative estimate of drug-likeness (QED) is 0.879. The first kappa shape index (κ1) is 17.7. The summed E-state index contributed by atoms with van der Waals surface area (Å²) in [5, 5.41) is 2.67. The van der Waals surface area contributed by atoms with Gasteiger partial charge in [0.05, 0.1) is 5.02 Å². The van der Waals surface area contributed by atoms with Crippen LogP contribution < -0.4 is 5.32 Å². The molecule has 1 heterocycles. The highest BCUT2D eigenvalue weighted by Crippen LogP contribution is 2.27. The van der Waals surface area contributed by atoms with Crippen LogP contribution in [-0.4, -0.2) is 40.2 Å². The Morgan fingerprint density at radius 2 is 2.13 bits per heavy atom. The lowest BCUT2D eigenvalue weighted by Gasteiger charge is -2.19. The van der Waals surface area contributed by atoms with Crippen molar-refractivity contribution in [3.8, 4) is 0 Å². The van der Waals surface area contributed by atoms with Crippen LogP contribution in [0, 0.1) is 5.82 Å². The van der Waals surface area contributed by atoms with E-state index in [4.69, 9.17) is 11.6 Å². The van der Waals surface area contributed by atoms with Gasteiger partial charge >= 0.3 is 0 Å². The Hall–Kier alpha value is -1.60. The minimum atomic E-state index is -0.552. The average molecular weight is 358 g/mol. The van der Waals surface area contributed by atoms with E-state index >= 15 is 0 Å². The van der Waals surface area contributed by atoms with Gasteiger partial charge in [0, 0.05) is 25.2 Å². The fourth-order valence-electron chi connectivity index (χ4n) is 2.09. The highest BCUT2D eigenvalue weighted by Gasteiger charge is 2.32. The molecule has 0 saturated carbocycles. The molecule has 23 heavy (non-hydrogen) atoms. The molecule has 0 spiro atoms. The number of carbonyl (C=O) groups is 2. The molecular weight excluding hydrogens is 341 g/mol. The Morgan fingerprint density at radius 1 is 1.43 bits per heavy atom. The Balaban J connectivity index is 1.94. The van der Waals surface area contributed by atoms with E-state index in [2.05, 4.69) is 10.3 Å². The molecule has 5 nitrogen and oxygen atoms in total. The number of amides is 2. The number of benzene rings is 1. The number of thioether (sulfide) groups is 1. The van der Waals surface area contributed by atoms with Gasteiger partial charge in [-0.05, 0) is 32.0 Å². The van der Waals surface area contributed by atoms with Crippen molar-refractivity contribution in [1.82, 2.24) is 4.90 Å². The van der Waals surface area contributed by atoms with Crippen molar-refractivity contribution >= 4 is 46.0 Å². The molecule has 1 aromatic carbocycles. The second kappa shape index (κ2) is 7.79. The Morgan fingerprint density at radius 3 is 2.74 bits per heavy atom. The van der Waals surface area contributed by atoms with Crippen LogP contribution in [0.3, 0.4) is 0 Å². The first-order chi connectivity index (χ1) is 10.9. The van der Waals surface area contributed by atoms with Gasteiger partial charge < -0.3 is 10.2 Å². The molecule has 0 radical (unpaired) electrons. The van der Waals surface area contributed by atoms with E-state index in [1.807, 2.05) is 18.7 Å². The minimum absolute atomic E-state index is 0.00671. The molecule has 1 aliphatic rings. The van der Waals surface area contributed by atoms with Gasteiger partial charge in [0.2, 0.25) is 5.91 Å². The summed E-state index contributed by atoms with van der Waals surface area (Å²) in [5.41, 5.74) is 0.390. The maximum atomic E-state index is 13.1.